The number of rotatable bonds is 5. The van der Waals surface area contributed by atoms with E-state index < -0.39 is 11.7 Å². The first-order valence-electron chi connectivity index (χ1n) is 10.1. The number of nitriles is 1. The average Bonchev–Trinajstić information content (AvgIpc) is 3.51. The Kier molecular flexibility index (Phi) is 6.65. The van der Waals surface area contributed by atoms with E-state index in [0.29, 0.717) is 23.4 Å². The highest BCUT2D eigenvalue weighted by Gasteiger charge is 2.20. The van der Waals surface area contributed by atoms with Crippen molar-refractivity contribution in [2.45, 2.75) is 25.9 Å². The zero-order valence-electron chi connectivity index (χ0n) is 17.3. The number of aromatic nitrogens is 1. The lowest BCUT2D eigenvalue weighted by molar-refractivity contribution is -0.116. The van der Waals surface area contributed by atoms with Crippen LogP contribution in [0.4, 0.5) is 4.39 Å². The summed E-state index contributed by atoms with van der Waals surface area (Å²) < 4.78 is 20.9. The van der Waals surface area contributed by atoms with E-state index in [4.69, 9.17) is 4.74 Å². The van der Waals surface area contributed by atoms with E-state index in [0.717, 1.165) is 34.6 Å². The Bertz CT molecular complexity index is 1360. The van der Waals surface area contributed by atoms with Crippen molar-refractivity contribution in [2.24, 2.45) is 0 Å². The van der Waals surface area contributed by atoms with Crippen molar-refractivity contribution in [1.82, 2.24) is 9.88 Å². The molecule has 1 saturated heterocycles. The van der Waals surface area contributed by atoms with Crippen molar-refractivity contribution >= 4 is 40.2 Å². The molecule has 4 rings (SSSR count). The van der Waals surface area contributed by atoms with Gasteiger partial charge in [0.05, 0.1) is 16.3 Å². The number of halogens is 1. The van der Waals surface area contributed by atoms with Crippen LogP contribution in [0.3, 0.4) is 0 Å². The molecule has 6 nitrogen and oxygen atoms in total. The highest BCUT2D eigenvalue weighted by Crippen LogP contribution is 2.16. The van der Waals surface area contributed by atoms with Crippen LogP contribution < -0.4 is 20.1 Å². The number of aryl methyl sites for hydroxylation is 1. The Hall–Kier alpha value is -3.06. The minimum absolute atomic E-state index is 0.0766. The topological polar surface area (TPSA) is 84.1 Å². The molecule has 1 N–H and O–H groups in total. The molecule has 0 aliphatic carbocycles. The second-order valence-corrected chi connectivity index (χ2v) is 9.31. The maximum Gasteiger partial charge on any atom is 0.273 e. The number of amides is 1. The third-order valence-electron chi connectivity index (χ3n) is 5.14. The lowest BCUT2D eigenvalue weighted by Crippen LogP contribution is -2.36. The molecule has 1 aromatic carbocycles. The molecule has 1 fully saturated rings. The number of nitrogens with one attached hydrogen (secondary N) is 1. The molecule has 2 aromatic heterocycles. The summed E-state index contributed by atoms with van der Waals surface area (Å²) in [6.07, 6.45) is 3.47. The molecule has 3 heterocycles. The van der Waals surface area contributed by atoms with Crippen molar-refractivity contribution in [3.8, 4) is 11.8 Å². The Labute approximate surface area is 191 Å². The van der Waals surface area contributed by atoms with Crippen molar-refractivity contribution in [3.63, 3.8) is 0 Å². The van der Waals surface area contributed by atoms with E-state index in [2.05, 4.69) is 5.32 Å². The predicted molar refractivity (Wildman–Crippen MR) is 123 cm³/mol. The molecular weight excluding hydrogens is 449 g/mol. The van der Waals surface area contributed by atoms with Crippen LogP contribution in [0.15, 0.2) is 40.5 Å². The lowest BCUT2D eigenvalue weighted by atomic mass is 10.2. The van der Waals surface area contributed by atoms with Gasteiger partial charge in [0.1, 0.15) is 16.5 Å². The van der Waals surface area contributed by atoms with Gasteiger partial charge < -0.3 is 10.1 Å². The Morgan fingerprint density at radius 3 is 2.78 bits per heavy atom. The van der Waals surface area contributed by atoms with Crippen LogP contribution in [0.25, 0.3) is 17.3 Å². The first kappa shape index (κ1) is 22.1. The summed E-state index contributed by atoms with van der Waals surface area (Å²) >= 11 is 2.56. The molecule has 164 valence electrons. The Morgan fingerprint density at radius 1 is 1.38 bits per heavy atom. The summed E-state index contributed by atoms with van der Waals surface area (Å²) in [7, 11) is 0. The molecule has 1 atom stereocenters. The van der Waals surface area contributed by atoms with Crippen molar-refractivity contribution in [1.29, 1.82) is 5.26 Å². The lowest BCUT2D eigenvalue weighted by Gasteiger charge is -2.10. The largest absolute Gasteiger partial charge is 0.376 e. The van der Waals surface area contributed by atoms with Crippen molar-refractivity contribution < 1.29 is 13.9 Å². The van der Waals surface area contributed by atoms with Crippen LogP contribution in [0, 0.1) is 24.1 Å². The zero-order chi connectivity index (χ0) is 22.7. The van der Waals surface area contributed by atoms with Crippen LogP contribution in [-0.2, 0) is 9.53 Å². The van der Waals surface area contributed by atoms with Crippen LogP contribution in [-0.4, -0.2) is 29.7 Å². The number of ether oxygens (including phenoxy) is 1. The van der Waals surface area contributed by atoms with Crippen molar-refractivity contribution in [3.05, 3.63) is 71.5 Å². The number of hydrogen-bond donors (Lipinski definition) is 1. The van der Waals surface area contributed by atoms with Crippen LogP contribution in [0.1, 0.15) is 23.3 Å². The number of carbonyl (C=O) groups is 1. The van der Waals surface area contributed by atoms with E-state index in [1.165, 1.54) is 40.2 Å². The fourth-order valence-electron chi connectivity index (χ4n) is 3.42. The van der Waals surface area contributed by atoms with Gasteiger partial charge in [0.25, 0.3) is 11.5 Å². The molecule has 1 aliphatic heterocycles. The SMILES string of the molecule is Cc1ccsc1/C=c1\s/c(=C(/C#N)C(=O)NC[C@H]2CCCO2)n(-c2ccc(F)cc2)c1=O. The van der Waals surface area contributed by atoms with E-state index in [1.54, 1.807) is 6.08 Å². The summed E-state index contributed by atoms with van der Waals surface area (Å²) in [5.74, 6) is -1.02. The van der Waals surface area contributed by atoms with Gasteiger partial charge in [-0.3, -0.25) is 14.2 Å². The van der Waals surface area contributed by atoms with E-state index >= 15 is 0 Å². The summed E-state index contributed by atoms with van der Waals surface area (Å²) in [6.45, 7) is 2.90. The van der Waals surface area contributed by atoms with E-state index in [9.17, 15) is 19.2 Å². The van der Waals surface area contributed by atoms with Gasteiger partial charge in [0.2, 0.25) is 0 Å². The number of thiophene rings is 1. The van der Waals surface area contributed by atoms with Crippen LogP contribution in [0.5, 0.6) is 0 Å². The third kappa shape index (κ3) is 4.58. The van der Waals surface area contributed by atoms with E-state index in [-0.39, 0.29) is 21.9 Å². The molecule has 9 heteroatoms. The summed E-state index contributed by atoms with van der Waals surface area (Å²) in [4.78, 5) is 27.1. The predicted octanol–water partition coefficient (Wildman–Crippen LogP) is 2.21. The highest BCUT2D eigenvalue weighted by molar-refractivity contribution is 7.11. The molecular formula is C23H20FN3O3S2. The van der Waals surface area contributed by atoms with Gasteiger partial charge in [0, 0.05) is 18.0 Å². The van der Waals surface area contributed by atoms with Gasteiger partial charge in [-0.05, 0) is 67.1 Å². The molecule has 1 aliphatic rings. The maximum absolute atomic E-state index is 13.5. The molecule has 0 spiro atoms. The fourth-order valence-corrected chi connectivity index (χ4v) is 5.44. The minimum Gasteiger partial charge on any atom is -0.376 e. The number of hydrogen-bond acceptors (Lipinski definition) is 6. The highest BCUT2D eigenvalue weighted by atomic mass is 32.1. The van der Waals surface area contributed by atoms with Crippen molar-refractivity contribution in [2.75, 3.05) is 13.2 Å². The Balaban J connectivity index is 1.87. The van der Waals surface area contributed by atoms with Gasteiger partial charge in [-0.2, -0.15) is 5.26 Å². The smallest absolute Gasteiger partial charge is 0.273 e. The summed E-state index contributed by atoms with van der Waals surface area (Å²) in [6, 6.07) is 9.28. The van der Waals surface area contributed by atoms with Gasteiger partial charge in [-0.1, -0.05) is 0 Å². The first-order valence-corrected chi connectivity index (χ1v) is 11.8. The standard InChI is InChI=1S/C23H20FN3O3S2/c1-14-8-10-31-19(14)11-20-22(29)27(16-6-4-15(24)5-7-16)23(32-20)18(12-25)21(28)26-13-17-3-2-9-30-17/h4-8,10-11,17H,2-3,9,13H2,1H3,(H,26,28)/b20-11-,23-18-/t17-/m1/s1. The molecule has 0 unspecified atom stereocenters. The second-order valence-electron chi connectivity index (χ2n) is 7.33. The third-order valence-corrected chi connectivity index (χ3v) is 7.20. The van der Waals surface area contributed by atoms with Gasteiger partial charge >= 0.3 is 0 Å². The van der Waals surface area contributed by atoms with Gasteiger partial charge in [-0.15, -0.1) is 22.7 Å². The number of carbonyl (C=O) groups excluding carboxylic acids is 1. The number of thiazole rings is 1. The van der Waals surface area contributed by atoms with E-state index in [1.807, 2.05) is 24.4 Å². The number of benzene rings is 1. The second kappa shape index (κ2) is 9.61. The normalized spacial score (nSPS) is 17.3. The van der Waals surface area contributed by atoms with Crippen LogP contribution in [0.2, 0.25) is 0 Å². The molecule has 0 bridgehead atoms. The molecule has 32 heavy (non-hydrogen) atoms. The average molecular weight is 470 g/mol. The zero-order valence-corrected chi connectivity index (χ0v) is 18.9. The maximum atomic E-state index is 13.5. The number of nitrogens with zero attached hydrogens (tertiary/aromatic N) is 2. The quantitative estimate of drug-likeness (QED) is 0.621. The fraction of sp³-hybridized carbons (Fsp3) is 0.261. The van der Waals surface area contributed by atoms with Crippen LogP contribution >= 0.6 is 22.7 Å². The molecule has 3 aromatic rings. The van der Waals surface area contributed by atoms with Gasteiger partial charge in [-0.25, -0.2) is 4.39 Å². The monoisotopic (exact) mass is 469 g/mol. The van der Waals surface area contributed by atoms with Gasteiger partial charge in [0.15, 0.2) is 5.57 Å². The summed E-state index contributed by atoms with van der Waals surface area (Å²) in [5.41, 5.74) is 0.863. The summed E-state index contributed by atoms with van der Waals surface area (Å²) in [5, 5.41) is 14.5. The molecule has 1 amide bonds. The minimum atomic E-state index is -0.570. The molecule has 0 radical (unpaired) electrons. The first-order chi connectivity index (χ1) is 15.5. The Morgan fingerprint density at radius 2 is 2.16 bits per heavy atom. The molecule has 0 saturated carbocycles.